The number of rotatable bonds is 4. The van der Waals surface area contributed by atoms with Crippen LogP contribution in [-0.4, -0.2) is 22.0 Å². The first-order valence-corrected chi connectivity index (χ1v) is 9.16. The molecule has 0 radical (unpaired) electrons. The van der Waals surface area contributed by atoms with Crippen LogP contribution >= 0.6 is 0 Å². The molecule has 1 heterocycles. The third-order valence-corrected chi connectivity index (χ3v) is 5.04. The van der Waals surface area contributed by atoms with Crippen LogP contribution < -0.4 is 10.6 Å². The third-order valence-electron chi connectivity index (χ3n) is 5.04. The van der Waals surface area contributed by atoms with Crippen LogP contribution in [0.3, 0.4) is 0 Å². The maximum Gasteiger partial charge on any atom is 0.400 e. The van der Waals surface area contributed by atoms with Crippen LogP contribution in [0, 0.1) is 6.92 Å². The van der Waals surface area contributed by atoms with E-state index in [0.29, 0.717) is 11.4 Å². The SMILES string of the molecule is Cc1ccc(NC(=O)Nc2cc(C3(C(F)(F)F)CC3)nn2-c2ccccc2)cc1. The minimum Gasteiger partial charge on any atom is -0.308 e. The fourth-order valence-corrected chi connectivity index (χ4v) is 3.20. The first kappa shape index (κ1) is 19.0. The Balaban J connectivity index is 1.64. The summed E-state index contributed by atoms with van der Waals surface area (Å²) in [5.74, 6) is 0.173. The van der Waals surface area contributed by atoms with Crippen molar-refractivity contribution >= 4 is 17.5 Å². The molecule has 1 aliphatic rings. The number of alkyl halides is 3. The molecule has 150 valence electrons. The van der Waals surface area contributed by atoms with Crippen LogP contribution in [0.15, 0.2) is 60.7 Å². The van der Waals surface area contributed by atoms with E-state index in [9.17, 15) is 18.0 Å². The topological polar surface area (TPSA) is 59.0 Å². The number of carbonyl (C=O) groups excluding carboxylic acids is 1. The summed E-state index contributed by atoms with van der Waals surface area (Å²) in [5, 5.41) is 9.51. The summed E-state index contributed by atoms with van der Waals surface area (Å²) in [6, 6.07) is 16.7. The zero-order valence-corrected chi connectivity index (χ0v) is 15.6. The number of para-hydroxylation sites is 1. The average Bonchev–Trinajstić information content (AvgIpc) is 3.41. The lowest BCUT2D eigenvalue weighted by Gasteiger charge is -2.16. The fraction of sp³-hybridized carbons (Fsp3) is 0.238. The largest absolute Gasteiger partial charge is 0.400 e. The van der Waals surface area contributed by atoms with E-state index in [0.717, 1.165) is 5.56 Å². The van der Waals surface area contributed by atoms with Gasteiger partial charge in [-0.05, 0) is 44.0 Å². The van der Waals surface area contributed by atoms with E-state index in [1.807, 2.05) is 19.1 Å². The van der Waals surface area contributed by atoms with Crippen LogP contribution in [0.5, 0.6) is 0 Å². The van der Waals surface area contributed by atoms with Crippen LogP contribution in [0.4, 0.5) is 29.5 Å². The Morgan fingerprint density at radius 1 is 1.03 bits per heavy atom. The number of nitrogens with one attached hydrogen (secondary N) is 2. The van der Waals surface area contributed by atoms with Crippen molar-refractivity contribution in [2.75, 3.05) is 10.6 Å². The predicted octanol–water partition coefficient (Wildman–Crippen LogP) is 5.42. The second-order valence-corrected chi connectivity index (χ2v) is 7.19. The van der Waals surface area contributed by atoms with Gasteiger partial charge in [-0.3, -0.25) is 5.32 Å². The number of benzene rings is 2. The second kappa shape index (κ2) is 6.95. The van der Waals surface area contributed by atoms with Gasteiger partial charge in [0.25, 0.3) is 0 Å². The summed E-state index contributed by atoms with van der Waals surface area (Å²) < 4.78 is 42.0. The zero-order chi connectivity index (χ0) is 20.6. The van der Waals surface area contributed by atoms with E-state index in [2.05, 4.69) is 15.7 Å². The Kier molecular flexibility index (Phi) is 4.56. The molecule has 2 N–H and O–H groups in total. The molecule has 0 bridgehead atoms. The van der Waals surface area contributed by atoms with E-state index < -0.39 is 17.6 Å². The summed E-state index contributed by atoms with van der Waals surface area (Å²) in [4.78, 5) is 12.4. The van der Waals surface area contributed by atoms with Crippen molar-refractivity contribution in [1.82, 2.24) is 9.78 Å². The molecule has 1 aliphatic carbocycles. The number of aromatic nitrogens is 2. The third kappa shape index (κ3) is 3.70. The first-order chi connectivity index (χ1) is 13.8. The molecule has 8 heteroatoms. The second-order valence-electron chi connectivity index (χ2n) is 7.19. The number of hydrogen-bond acceptors (Lipinski definition) is 2. The van der Waals surface area contributed by atoms with Crippen LogP contribution in [-0.2, 0) is 5.41 Å². The molecule has 0 saturated heterocycles. The van der Waals surface area contributed by atoms with E-state index in [-0.39, 0.29) is 24.4 Å². The summed E-state index contributed by atoms with van der Waals surface area (Å²) in [5.41, 5.74) is 0.163. The standard InChI is InChI=1S/C21H19F3N4O/c1-14-7-9-15(10-8-14)25-19(29)26-18-13-17(20(11-12-20)21(22,23)24)27-28(18)16-5-3-2-4-6-16/h2-10,13H,11-12H2,1H3,(H2,25,26,29). The molecule has 1 aromatic heterocycles. The molecule has 1 fully saturated rings. The predicted molar refractivity (Wildman–Crippen MR) is 104 cm³/mol. The molecule has 2 amide bonds. The number of nitrogens with zero attached hydrogens (tertiary/aromatic N) is 2. The van der Waals surface area contributed by atoms with Crippen molar-refractivity contribution in [3.63, 3.8) is 0 Å². The van der Waals surface area contributed by atoms with Gasteiger partial charge in [0.1, 0.15) is 11.2 Å². The van der Waals surface area contributed by atoms with Gasteiger partial charge < -0.3 is 5.32 Å². The molecule has 3 aromatic rings. The van der Waals surface area contributed by atoms with Gasteiger partial charge in [-0.2, -0.15) is 18.3 Å². The molecule has 0 atom stereocenters. The first-order valence-electron chi connectivity index (χ1n) is 9.16. The summed E-state index contributed by atoms with van der Waals surface area (Å²) in [6.45, 7) is 1.93. The van der Waals surface area contributed by atoms with Crippen molar-refractivity contribution in [3.05, 3.63) is 71.9 Å². The molecular formula is C21H19F3N4O. The van der Waals surface area contributed by atoms with Gasteiger partial charge in [-0.1, -0.05) is 35.9 Å². The van der Waals surface area contributed by atoms with E-state index in [4.69, 9.17) is 0 Å². The Morgan fingerprint density at radius 2 is 1.69 bits per heavy atom. The van der Waals surface area contributed by atoms with Crippen LogP contribution in [0.1, 0.15) is 24.1 Å². The summed E-state index contributed by atoms with van der Waals surface area (Å²) >= 11 is 0. The van der Waals surface area contributed by atoms with E-state index >= 15 is 0 Å². The zero-order valence-electron chi connectivity index (χ0n) is 15.6. The molecule has 1 saturated carbocycles. The number of anilines is 2. The minimum absolute atomic E-state index is 0.00267. The highest BCUT2D eigenvalue weighted by Crippen LogP contribution is 2.58. The number of halogens is 3. The van der Waals surface area contributed by atoms with Gasteiger partial charge in [0.15, 0.2) is 0 Å². The lowest BCUT2D eigenvalue weighted by atomic mass is 10.0. The highest BCUT2D eigenvalue weighted by Gasteiger charge is 2.65. The molecule has 4 rings (SSSR count). The van der Waals surface area contributed by atoms with Gasteiger partial charge in [0.05, 0.1) is 11.4 Å². The summed E-state index contributed by atoms with van der Waals surface area (Å²) in [6.07, 6.45) is -4.39. The molecule has 0 unspecified atom stereocenters. The molecule has 29 heavy (non-hydrogen) atoms. The van der Waals surface area contributed by atoms with Crippen LogP contribution in [0.25, 0.3) is 5.69 Å². The van der Waals surface area contributed by atoms with E-state index in [1.165, 1.54) is 10.7 Å². The number of carbonyl (C=O) groups is 1. The molecular weight excluding hydrogens is 381 g/mol. The van der Waals surface area contributed by atoms with Gasteiger partial charge in [0.2, 0.25) is 0 Å². The molecule has 2 aromatic carbocycles. The highest BCUT2D eigenvalue weighted by molar-refractivity contribution is 5.99. The monoisotopic (exact) mass is 400 g/mol. The van der Waals surface area contributed by atoms with Crippen LogP contribution in [0.2, 0.25) is 0 Å². The lowest BCUT2D eigenvalue weighted by Crippen LogP contribution is -2.29. The van der Waals surface area contributed by atoms with Gasteiger partial charge in [0, 0.05) is 11.8 Å². The molecule has 5 nitrogen and oxygen atoms in total. The number of hydrogen-bond donors (Lipinski definition) is 2. The summed E-state index contributed by atoms with van der Waals surface area (Å²) in [7, 11) is 0. The van der Waals surface area contributed by atoms with Crippen molar-refractivity contribution in [2.45, 2.75) is 31.4 Å². The Hall–Kier alpha value is -3.29. The normalized spacial score (nSPS) is 15.0. The highest BCUT2D eigenvalue weighted by atomic mass is 19.4. The van der Waals surface area contributed by atoms with Gasteiger partial charge in [-0.25, -0.2) is 9.48 Å². The fourth-order valence-electron chi connectivity index (χ4n) is 3.20. The lowest BCUT2D eigenvalue weighted by molar-refractivity contribution is -0.161. The smallest absolute Gasteiger partial charge is 0.308 e. The number of urea groups is 1. The average molecular weight is 400 g/mol. The van der Waals surface area contributed by atoms with Crippen molar-refractivity contribution in [3.8, 4) is 5.69 Å². The number of amides is 2. The van der Waals surface area contributed by atoms with Crippen molar-refractivity contribution in [2.24, 2.45) is 0 Å². The van der Waals surface area contributed by atoms with Gasteiger partial charge >= 0.3 is 12.2 Å². The Morgan fingerprint density at radius 3 is 2.28 bits per heavy atom. The Bertz CT molecular complexity index is 1020. The van der Waals surface area contributed by atoms with Crippen molar-refractivity contribution in [1.29, 1.82) is 0 Å². The quantitative estimate of drug-likeness (QED) is 0.614. The Labute approximate surface area is 165 Å². The van der Waals surface area contributed by atoms with Crippen molar-refractivity contribution < 1.29 is 18.0 Å². The van der Waals surface area contributed by atoms with Gasteiger partial charge in [-0.15, -0.1) is 0 Å². The molecule has 0 spiro atoms. The maximum absolute atomic E-state index is 13.6. The molecule has 0 aliphatic heterocycles. The maximum atomic E-state index is 13.6. The minimum atomic E-state index is -4.38. The van der Waals surface area contributed by atoms with E-state index in [1.54, 1.807) is 42.5 Å². The number of aryl methyl sites for hydroxylation is 1.